The molecule has 1 aromatic heterocycles. The van der Waals surface area contributed by atoms with Crippen molar-refractivity contribution < 1.29 is 4.79 Å². The number of carbonyl (C=O) groups excluding carboxylic acids is 1. The summed E-state index contributed by atoms with van der Waals surface area (Å²) in [7, 11) is 0. The maximum Gasteiger partial charge on any atom is 0.163 e. The van der Waals surface area contributed by atoms with Crippen LogP contribution in [-0.2, 0) is 4.79 Å². The van der Waals surface area contributed by atoms with Gasteiger partial charge in [-0.1, -0.05) is 56.3 Å². The van der Waals surface area contributed by atoms with Crippen LogP contribution in [0, 0.1) is 0 Å². The van der Waals surface area contributed by atoms with Gasteiger partial charge in [0.05, 0.1) is 17.4 Å². The Hall–Kier alpha value is -2.85. The molecule has 1 aliphatic heterocycles. The van der Waals surface area contributed by atoms with E-state index >= 15 is 0 Å². The summed E-state index contributed by atoms with van der Waals surface area (Å²) < 4.78 is 0. The summed E-state index contributed by atoms with van der Waals surface area (Å²) in [6, 6.07) is 21.0. The number of para-hydroxylation sites is 2. The minimum Gasteiger partial charge on any atom is -0.372 e. The minimum absolute atomic E-state index is 0.144. The van der Waals surface area contributed by atoms with Crippen molar-refractivity contribution in [3.8, 4) is 0 Å². The van der Waals surface area contributed by atoms with Crippen LogP contribution in [0.3, 0.4) is 0 Å². The fraction of sp³-hybridized carbons (Fsp3) is 0.269. The number of benzene rings is 2. The van der Waals surface area contributed by atoms with Crippen molar-refractivity contribution in [2.45, 2.75) is 44.6 Å². The number of hydrogen-bond acceptors (Lipinski definition) is 4. The fourth-order valence-corrected chi connectivity index (χ4v) is 5.37. The molecule has 0 saturated carbocycles. The average molecular weight is 415 g/mol. The van der Waals surface area contributed by atoms with Crippen LogP contribution in [0.15, 0.2) is 77.3 Å². The van der Waals surface area contributed by atoms with E-state index in [-0.39, 0.29) is 17.7 Å². The second-order valence-corrected chi connectivity index (χ2v) is 9.48. The maximum atomic E-state index is 13.5. The van der Waals surface area contributed by atoms with Crippen molar-refractivity contribution >= 4 is 28.5 Å². The van der Waals surface area contributed by atoms with Gasteiger partial charge in [-0.15, -0.1) is 11.3 Å². The van der Waals surface area contributed by atoms with Gasteiger partial charge in [0.15, 0.2) is 5.78 Å². The molecule has 0 fully saturated rings. The average Bonchev–Trinajstić information content (AvgIpc) is 3.23. The summed E-state index contributed by atoms with van der Waals surface area (Å²) in [6.07, 6.45) is 1.43. The predicted molar refractivity (Wildman–Crippen MR) is 125 cm³/mol. The molecule has 0 amide bonds. The summed E-state index contributed by atoms with van der Waals surface area (Å²) in [6.45, 7) is 4.41. The van der Waals surface area contributed by atoms with Gasteiger partial charge in [-0.25, -0.2) is 0 Å². The van der Waals surface area contributed by atoms with Gasteiger partial charge in [0.2, 0.25) is 0 Å². The molecule has 2 aromatic carbocycles. The molecule has 5 rings (SSSR count). The number of Topliss-reactive ketones (excluding diaryl/α,β-unsaturated/α-hetero) is 1. The van der Waals surface area contributed by atoms with Gasteiger partial charge < -0.3 is 10.6 Å². The number of rotatable bonds is 3. The van der Waals surface area contributed by atoms with Crippen LogP contribution in [0.2, 0.25) is 0 Å². The first-order valence-corrected chi connectivity index (χ1v) is 11.5. The highest BCUT2D eigenvalue weighted by atomic mass is 32.1. The van der Waals surface area contributed by atoms with Gasteiger partial charge in [-0.05, 0) is 47.0 Å². The lowest BCUT2D eigenvalue weighted by Gasteiger charge is -2.29. The van der Waals surface area contributed by atoms with Crippen molar-refractivity contribution in [1.29, 1.82) is 0 Å². The van der Waals surface area contributed by atoms with Crippen molar-refractivity contribution in [3.63, 3.8) is 0 Å². The molecule has 4 heteroatoms. The summed E-state index contributed by atoms with van der Waals surface area (Å²) >= 11 is 1.74. The molecule has 0 bridgehead atoms. The van der Waals surface area contributed by atoms with Gasteiger partial charge in [0.25, 0.3) is 0 Å². The van der Waals surface area contributed by atoms with Crippen molar-refractivity contribution in [3.05, 3.63) is 93.3 Å². The normalized spacial score (nSPS) is 20.8. The molecule has 3 nitrogen and oxygen atoms in total. The number of nitrogens with one attached hydrogen (secondary N) is 2. The zero-order valence-corrected chi connectivity index (χ0v) is 18.1. The van der Waals surface area contributed by atoms with E-state index in [1.54, 1.807) is 11.3 Å². The number of allylic oxidation sites excluding steroid dienone is 1. The predicted octanol–water partition coefficient (Wildman–Crippen LogP) is 6.85. The second kappa shape index (κ2) is 7.77. The largest absolute Gasteiger partial charge is 0.372 e. The van der Waals surface area contributed by atoms with Crippen LogP contribution >= 0.6 is 11.3 Å². The highest BCUT2D eigenvalue weighted by molar-refractivity contribution is 7.10. The lowest BCUT2D eigenvalue weighted by Crippen LogP contribution is -2.26. The topological polar surface area (TPSA) is 41.1 Å². The van der Waals surface area contributed by atoms with Crippen molar-refractivity contribution in [2.24, 2.45) is 0 Å². The maximum absolute atomic E-state index is 13.5. The number of hydrogen-bond donors (Lipinski definition) is 2. The smallest absolute Gasteiger partial charge is 0.163 e. The molecule has 0 radical (unpaired) electrons. The van der Waals surface area contributed by atoms with Crippen LogP contribution in [0.25, 0.3) is 0 Å². The number of ketones is 1. The van der Waals surface area contributed by atoms with Crippen LogP contribution in [0.1, 0.15) is 60.6 Å². The Morgan fingerprint density at radius 3 is 2.40 bits per heavy atom. The molecule has 0 unspecified atom stereocenters. The van der Waals surface area contributed by atoms with E-state index in [0.717, 1.165) is 34.6 Å². The Balaban J connectivity index is 1.59. The summed E-state index contributed by atoms with van der Waals surface area (Å²) in [5.41, 5.74) is 6.45. The Morgan fingerprint density at radius 1 is 0.933 bits per heavy atom. The summed E-state index contributed by atoms with van der Waals surface area (Å²) in [5, 5.41) is 9.38. The second-order valence-electron chi connectivity index (χ2n) is 8.51. The molecule has 0 saturated heterocycles. The first kappa shape index (κ1) is 19.1. The lowest BCUT2D eigenvalue weighted by molar-refractivity contribution is -0.116. The van der Waals surface area contributed by atoms with Gasteiger partial charge in [0, 0.05) is 28.5 Å². The van der Waals surface area contributed by atoms with E-state index in [1.807, 2.05) is 12.1 Å². The third kappa shape index (κ3) is 3.46. The van der Waals surface area contributed by atoms with E-state index in [1.165, 1.54) is 10.4 Å². The molecule has 30 heavy (non-hydrogen) atoms. The standard InChI is InChI=1S/C26H26N2OS/c1-16(2)17-9-11-18(12-10-17)26-25-22(27-20-6-3-4-7-21(20)28-26)14-19(15-23(25)29)24-8-5-13-30-24/h3-13,16,19,26-28H,14-15H2,1-2H3/t19-,26-/m0/s1. The highest BCUT2D eigenvalue weighted by Gasteiger charge is 2.36. The minimum atomic E-state index is -0.144. The molecule has 3 aromatic rings. The Bertz CT molecular complexity index is 1100. The molecule has 1 aliphatic carbocycles. The van der Waals surface area contributed by atoms with Gasteiger partial charge >= 0.3 is 0 Å². The fourth-order valence-electron chi connectivity index (χ4n) is 4.54. The number of anilines is 2. The number of fused-ring (bicyclic) bond motifs is 1. The zero-order chi connectivity index (χ0) is 20.7. The first-order valence-electron chi connectivity index (χ1n) is 10.6. The highest BCUT2D eigenvalue weighted by Crippen LogP contribution is 2.44. The monoisotopic (exact) mass is 414 g/mol. The molecule has 2 atom stereocenters. The van der Waals surface area contributed by atoms with E-state index in [9.17, 15) is 4.79 Å². The Morgan fingerprint density at radius 2 is 1.70 bits per heavy atom. The van der Waals surface area contributed by atoms with Crippen LogP contribution in [-0.4, -0.2) is 5.78 Å². The van der Waals surface area contributed by atoms with Gasteiger partial charge in [0.1, 0.15) is 0 Å². The number of thiophene rings is 1. The molecular formula is C26H26N2OS. The molecule has 152 valence electrons. The van der Waals surface area contributed by atoms with Crippen LogP contribution in [0.4, 0.5) is 11.4 Å². The molecular weight excluding hydrogens is 388 g/mol. The van der Waals surface area contributed by atoms with E-state index in [4.69, 9.17) is 0 Å². The van der Waals surface area contributed by atoms with Crippen LogP contribution in [0.5, 0.6) is 0 Å². The van der Waals surface area contributed by atoms with Crippen LogP contribution < -0.4 is 10.6 Å². The van der Waals surface area contributed by atoms with Gasteiger partial charge in [-0.2, -0.15) is 0 Å². The van der Waals surface area contributed by atoms with Gasteiger partial charge in [-0.3, -0.25) is 4.79 Å². The lowest BCUT2D eigenvalue weighted by atomic mass is 9.80. The summed E-state index contributed by atoms with van der Waals surface area (Å²) in [4.78, 5) is 14.8. The first-order chi connectivity index (χ1) is 14.6. The third-order valence-electron chi connectivity index (χ3n) is 6.19. The van der Waals surface area contributed by atoms with E-state index < -0.39 is 0 Å². The van der Waals surface area contributed by atoms with Crippen molar-refractivity contribution in [1.82, 2.24) is 0 Å². The molecule has 2 aliphatic rings. The number of carbonyl (C=O) groups is 1. The van der Waals surface area contributed by atoms with Crippen molar-refractivity contribution in [2.75, 3.05) is 10.6 Å². The summed E-state index contributed by atoms with van der Waals surface area (Å²) in [5.74, 6) is 0.972. The van der Waals surface area contributed by atoms with E-state index in [0.29, 0.717) is 12.3 Å². The molecule has 2 N–H and O–H groups in total. The third-order valence-corrected chi connectivity index (χ3v) is 7.23. The zero-order valence-electron chi connectivity index (χ0n) is 17.3. The molecule has 0 spiro atoms. The SMILES string of the molecule is CC(C)c1ccc([C@@H]2Nc3ccccc3NC3=C2C(=O)C[C@@H](c2cccs2)C3)cc1. The van der Waals surface area contributed by atoms with E-state index in [2.05, 4.69) is 78.4 Å². The quantitative estimate of drug-likeness (QED) is 0.492. The Kier molecular flexibility index (Phi) is 4.95. The molecule has 2 heterocycles. The Labute approximate surface area is 181 Å².